The molecule has 0 saturated carbocycles. The van der Waals surface area contributed by atoms with Gasteiger partial charge in [-0.25, -0.2) is 4.98 Å². The second kappa shape index (κ2) is 8.70. The number of pyridine rings is 1. The molecular weight excluding hydrogens is 418 g/mol. The van der Waals surface area contributed by atoms with Gasteiger partial charge in [0.2, 0.25) is 5.78 Å². The van der Waals surface area contributed by atoms with Gasteiger partial charge in [0.25, 0.3) is 5.91 Å². The van der Waals surface area contributed by atoms with Gasteiger partial charge in [0.1, 0.15) is 11.0 Å². The average Bonchev–Trinajstić information content (AvgIpc) is 3.20. The summed E-state index contributed by atoms with van der Waals surface area (Å²) in [5.41, 5.74) is 2.03. The van der Waals surface area contributed by atoms with Crippen molar-refractivity contribution in [3.63, 3.8) is 0 Å². The van der Waals surface area contributed by atoms with Crippen LogP contribution in [0.5, 0.6) is 0 Å². The summed E-state index contributed by atoms with van der Waals surface area (Å²) in [6.07, 6.45) is 6.30. The molecule has 0 radical (unpaired) electrons. The highest BCUT2D eigenvalue weighted by Crippen LogP contribution is 2.38. The number of nitrogens with one attached hydrogen (secondary N) is 2. The first-order chi connectivity index (χ1) is 14.9. The largest absolute Gasteiger partial charge is 0.504 e. The number of unbranched alkanes of at least 4 members (excludes halogenated alkanes) is 1. The number of hydrogen-bond acceptors (Lipinski definition) is 6. The number of piperidine rings is 1. The molecule has 4 rings (SSSR count). The van der Waals surface area contributed by atoms with Gasteiger partial charge in [-0.05, 0) is 45.6 Å². The van der Waals surface area contributed by atoms with Gasteiger partial charge in [0.05, 0.1) is 22.7 Å². The van der Waals surface area contributed by atoms with E-state index >= 15 is 0 Å². The Morgan fingerprint density at radius 1 is 1.35 bits per heavy atom. The average molecular weight is 444 g/mol. The van der Waals surface area contributed by atoms with Crippen LogP contribution in [0.15, 0.2) is 35.2 Å². The van der Waals surface area contributed by atoms with Crippen molar-refractivity contribution in [1.82, 2.24) is 20.1 Å². The van der Waals surface area contributed by atoms with E-state index in [2.05, 4.69) is 20.5 Å². The predicted octanol–water partition coefficient (Wildman–Crippen LogP) is 3.77. The van der Waals surface area contributed by atoms with Crippen molar-refractivity contribution in [1.29, 1.82) is 0 Å². The lowest BCUT2D eigenvalue weighted by Gasteiger charge is -2.38. The van der Waals surface area contributed by atoms with Gasteiger partial charge in [-0.1, -0.05) is 17.2 Å². The maximum absolute atomic E-state index is 12.8. The van der Waals surface area contributed by atoms with Gasteiger partial charge in [-0.15, -0.1) is 0 Å². The number of amides is 1. The second-order valence-corrected chi connectivity index (χ2v) is 8.65. The molecule has 2 aromatic heterocycles. The maximum Gasteiger partial charge on any atom is 0.254 e. The van der Waals surface area contributed by atoms with Gasteiger partial charge in [-0.2, -0.15) is 5.10 Å². The Morgan fingerprint density at radius 2 is 2.16 bits per heavy atom. The van der Waals surface area contributed by atoms with Crippen LogP contribution in [0.25, 0.3) is 10.9 Å². The first kappa shape index (κ1) is 21.4. The molecule has 164 valence electrons. The maximum atomic E-state index is 12.8. The molecule has 0 spiro atoms. The van der Waals surface area contributed by atoms with Crippen molar-refractivity contribution < 1.29 is 14.7 Å². The normalized spacial score (nSPS) is 19.3. The Labute approximate surface area is 185 Å². The molecule has 1 unspecified atom stereocenters. The Morgan fingerprint density at radius 3 is 2.94 bits per heavy atom. The quantitative estimate of drug-likeness (QED) is 0.443. The lowest BCUT2D eigenvalue weighted by atomic mass is 9.77. The van der Waals surface area contributed by atoms with E-state index in [4.69, 9.17) is 11.6 Å². The first-order valence-electron chi connectivity index (χ1n) is 10.6. The van der Waals surface area contributed by atoms with Crippen LogP contribution >= 0.6 is 11.6 Å². The summed E-state index contributed by atoms with van der Waals surface area (Å²) in [6.45, 7) is 5.21. The number of likely N-dealkylation sites (tertiary alicyclic amines) is 1. The number of aliphatic hydroxyl groups is 1. The Hall–Kier alpha value is -2.87. The number of fused-ring (bicyclic) bond motifs is 2. The Balaban J connectivity index is 1.34. The number of aliphatic hydroxyl groups excluding tert-OH is 1. The van der Waals surface area contributed by atoms with E-state index in [1.54, 1.807) is 11.1 Å². The van der Waals surface area contributed by atoms with Crippen molar-refractivity contribution in [2.24, 2.45) is 5.92 Å². The molecule has 0 bridgehead atoms. The van der Waals surface area contributed by atoms with Gasteiger partial charge in [0.15, 0.2) is 5.76 Å². The molecule has 31 heavy (non-hydrogen) atoms. The third-order valence-corrected chi connectivity index (χ3v) is 6.25. The zero-order chi connectivity index (χ0) is 22.1. The molecule has 1 atom stereocenters. The highest BCUT2D eigenvalue weighted by molar-refractivity contribution is 6.34. The number of carbonyl (C=O) groups is 2. The highest BCUT2D eigenvalue weighted by Gasteiger charge is 2.40. The van der Waals surface area contributed by atoms with E-state index in [1.807, 2.05) is 19.9 Å². The van der Waals surface area contributed by atoms with E-state index < -0.39 is 5.78 Å². The minimum atomic E-state index is -0.468. The number of hydrogen-bond donors (Lipinski definition) is 3. The van der Waals surface area contributed by atoms with Crippen LogP contribution in [0.2, 0.25) is 5.15 Å². The van der Waals surface area contributed by atoms with Gasteiger partial charge in [0, 0.05) is 31.1 Å². The number of ketones is 1. The molecule has 3 N–H and O–H groups in total. The van der Waals surface area contributed by atoms with E-state index in [0.717, 1.165) is 35.7 Å². The lowest BCUT2D eigenvalue weighted by Crippen LogP contribution is -2.46. The molecule has 1 saturated heterocycles. The standard InChI is InChI=1S/C22H26ClN5O3/c1-12(2)28-8-6-14-13(9-17(29)20(30)19(14)22(28)31)5-3-4-7-24-18-10-16-15(11-25-27-16)21(23)26-18/h9-12,14,30H,3-8H2,1-2H3,(H,24,26)(H,25,27). The fraction of sp³-hybridized carbons (Fsp3) is 0.455. The number of allylic oxidation sites excluding steroid dienone is 2. The number of aromatic amines is 1. The monoisotopic (exact) mass is 443 g/mol. The fourth-order valence-corrected chi connectivity index (χ4v) is 4.57. The topological polar surface area (TPSA) is 111 Å². The zero-order valence-corrected chi connectivity index (χ0v) is 18.4. The Bertz CT molecular complexity index is 1090. The summed E-state index contributed by atoms with van der Waals surface area (Å²) in [5.74, 6) is -0.568. The Kier molecular flexibility index (Phi) is 6.00. The summed E-state index contributed by atoms with van der Waals surface area (Å²) < 4.78 is 0. The SMILES string of the molecule is CC(C)N1CCC2C(CCCCNc3cc4[nH]ncc4c(Cl)n3)=CC(=O)C(O)=C2C1=O. The van der Waals surface area contributed by atoms with Crippen LogP contribution in [-0.4, -0.2) is 56.0 Å². The van der Waals surface area contributed by atoms with Crippen molar-refractivity contribution >= 4 is 40.0 Å². The summed E-state index contributed by atoms with van der Waals surface area (Å²) in [7, 11) is 0. The number of carbonyl (C=O) groups excluding carboxylic acids is 2. The fourth-order valence-electron chi connectivity index (χ4n) is 4.33. The van der Waals surface area contributed by atoms with Crippen LogP contribution < -0.4 is 5.32 Å². The molecule has 8 nitrogen and oxygen atoms in total. The molecule has 1 aliphatic carbocycles. The van der Waals surface area contributed by atoms with Gasteiger partial charge < -0.3 is 15.3 Å². The third-order valence-electron chi connectivity index (χ3n) is 5.96. The molecular formula is C22H26ClN5O3. The minimum absolute atomic E-state index is 0.0346. The van der Waals surface area contributed by atoms with E-state index in [1.165, 1.54) is 6.08 Å². The third kappa shape index (κ3) is 4.17. The highest BCUT2D eigenvalue weighted by atomic mass is 35.5. The molecule has 1 aliphatic heterocycles. The van der Waals surface area contributed by atoms with Crippen molar-refractivity contribution in [2.45, 2.75) is 45.6 Å². The van der Waals surface area contributed by atoms with E-state index in [0.29, 0.717) is 30.5 Å². The zero-order valence-electron chi connectivity index (χ0n) is 17.6. The molecule has 2 aliphatic rings. The smallest absolute Gasteiger partial charge is 0.254 e. The second-order valence-electron chi connectivity index (χ2n) is 8.29. The van der Waals surface area contributed by atoms with Crippen LogP contribution in [0, 0.1) is 5.92 Å². The van der Waals surface area contributed by atoms with Gasteiger partial charge in [-0.3, -0.25) is 14.7 Å². The number of aromatic nitrogens is 3. The van der Waals surface area contributed by atoms with E-state index in [9.17, 15) is 14.7 Å². The van der Waals surface area contributed by atoms with Crippen molar-refractivity contribution in [3.05, 3.63) is 40.4 Å². The molecule has 1 fully saturated rings. The predicted molar refractivity (Wildman–Crippen MR) is 119 cm³/mol. The number of halogens is 1. The summed E-state index contributed by atoms with van der Waals surface area (Å²) in [5, 5.41) is 21.6. The first-order valence-corrected chi connectivity index (χ1v) is 11.0. The molecule has 1 amide bonds. The van der Waals surface area contributed by atoms with Crippen molar-refractivity contribution in [3.8, 4) is 0 Å². The summed E-state index contributed by atoms with van der Waals surface area (Å²) in [4.78, 5) is 31.2. The van der Waals surface area contributed by atoms with Crippen molar-refractivity contribution in [2.75, 3.05) is 18.4 Å². The van der Waals surface area contributed by atoms with E-state index in [-0.39, 0.29) is 29.2 Å². The number of rotatable bonds is 7. The minimum Gasteiger partial charge on any atom is -0.504 e. The molecule has 9 heteroatoms. The molecule has 2 aromatic rings. The molecule has 3 heterocycles. The number of H-pyrrole nitrogens is 1. The summed E-state index contributed by atoms with van der Waals surface area (Å²) >= 11 is 6.17. The summed E-state index contributed by atoms with van der Waals surface area (Å²) in [6, 6.07) is 1.90. The van der Waals surface area contributed by atoms with Gasteiger partial charge >= 0.3 is 0 Å². The number of anilines is 1. The number of nitrogens with zero attached hydrogens (tertiary/aromatic N) is 3. The molecule has 0 aromatic carbocycles. The van der Waals surface area contributed by atoms with Crippen LogP contribution in [0.1, 0.15) is 39.5 Å². The van der Waals surface area contributed by atoms with Crippen LogP contribution in [0.3, 0.4) is 0 Å². The lowest BCUT2D eigenvalue weighted by molar-refractivity contribution is -0.132. The van der Waals surface area contributed by atoms with Crippen LogP contribution in [-0.2, 0) is 9.59 Å². The van der Waals surface area contributed by atoms with Crippen LogP contribution in [0.4, 0.5) is 5.82 Å².